The number of carbonyl (C=O) groups excluding carboxylic acids is 2. The molecule has 0 atom stereocenters. The van der Waals surface area contributed by atoms with Gasteiger partial charge in [0.1, 0.15) is 19.0 Å². The Hall–Kier alpha value is -2.61. The first-order valence-electron chi connectivity index (χ1n) is 5.55. The van der Waals surface area contributed by atoms with Crippen LogP contribution in [0.25, 0.3) is 0 Å². The number of benzene rings is 1. The lowest BCUT2D eigenvalue weighted by molar-refractivity contribution is -0.143. The number of carboxylic acids is 1. The maximum atomic E-state index is 11.5. The zero-order chi connectivity index (χ0) is 15.0. The summed E-state index contributed by atoms with van der Waals surface area (Å²) in [6.07, 6.45) is 0. The molecule has 0 spiro atoms. The van der Waals surface area contributed by atoms with Crippen LogP contribution >= 0.6 is 0 Å². The molecule has 0 aliphatic heterocycles. The van der Waals surface area contributed by atoms with Crippen LogP contribution in [-0.2, 0) is 14.3 Å². The summed E-state index contributed by atoms with van der Waals surface area (Å²) < 4.78 is 9.51. The Morgan fingerprint density at radius 2 is 2.00 bits per heavy atom. The largest absolute Gasteiger partial charge is 0.497 e. The normalized spacial score (nSPS) is 9.65. The fraction of sp³-hybridized carbons (Fsp3) is 0.250. The summed E-state index contributed by atoms with van der Waals surface area (Å²) >= 11 is 0. The molecular weight excluding hydrogens is 268 g/mol. The first kappa shape index (κ1) is 15.4. The third kappa shape index (κ3) is 5.83. The van der Waals surface area contributed by atoms with Crippen LogP contribution in [0.3, 0.4) is 0 Å². The van der Waals surface area contributed by atoms with Gasteiger partial charge in [-0.1, -0.05) is 6.07 Å². The highest BCUT2D eigenvalue weighted by Gasteiger charge is 2.09. The molecule has 3 N–H and O–H groups in total. The zero-order valence-electron chi connectivity index (χ0n) is 10.7. The maximum Gasteiger partial charge on any atom is 0.329 e. The Labute approximate surface area is 114 Å². The van der Waals surface area contributed by atoms with Gasteiger partial charge in [-0.3, -0.25) is 10.1 Å². The molecule has 0 fully saturated rings. The Bertz CT molecular complexity index is 502. The molecule has 0 aromatic heterocycles. The first-order valence-corrected chi connectivity index (χ1v) is 5.55. The Morgan fingerprint density at radius 3 is 2.65 bits per heavy atom. The topological polar surface area (TPSA) is 114 Å². The summed E-state index contributed by atoms with van der Waals surface area (Å²) in [6.45, 7) is -1.12. The molecule has 0 saturated carbocycles. The van der Waals surface area contributed by atoms with E-state index in [0.29, 0.717) is 11.4 Å². The molecule has 0 heterocycles. The molecule has 0 bridgehead atoms. The molecule has 3 amide bonds. The number of hydrogen-bond acceptors (Lipinski definition) is 5. The van der Waals surface area contributed by atoms with Crippen LogP contribution in [0.15, 0.2) is 24.3 Å². The van der Waals surface area contributed by atoms with E-state index in [1.807, 2.05) is 5.32 Å². The van der Waals surface area contributed by atoms with Gasteiger partial charge in [-0.15, -0.1) is 0 Å². The van der Waals surface area contributed by atoms with E-state index in [0.717, 1.165) is 0 Å². The Balaban J connectivity index is 2.38. The first-order chi connectivity index (χ1) is 9.51. The molecule has 0 saturated heterocycles. The van der Waals surface area contributed by atoms with Crippen molar-refractivity contribution in [2.24, 2.45) is 0 Å². The van der Waals surface area contributed by atoms with Crippen LogP contribution in [0.4, 0.5) is 10.5 Å². The molecule has 1 aromatic rings. The van der Waals surface area contributed by atoms with Gasteiger partial charge in [0, 0.05) is 11.8 Å². The van der Waals surface area contributed by atoms with Gasteiger partial charge in [0.2, 0.25) is 0 Å². The number of anilines is 1. The second kappa shape index (κ2) is 7.74. The third-order valence-corrected chi connectivity index (χ3v) is 2.04. The molecule has 0 radical (unpaired) electrons. The highest BCUT2D eigenvalue weighted by atomic mass is 16.5. The SMILES string of the molecule is COc1cccc(NC(=O)NC(=O)COCC(=O)O)c1. The van der Waals surface area contributed by atoms with Crippen molar-refractivity contribution in [2.75, 3.05) is 25.6 Å². The lowest BCUT2D eigenvalue weighted by Crippen LogP contribution is -2.37. The van der Waals surface area contributed by atoms with Gasteiger partial charge in [0.05, 0.1) is 7.11 Å². The standard InChI is InChI=1S/C12H14N2O6/c1-19-9-4-2-3-8(5-9)13-12(18)14-10(15)6-20-7-11(16)17/h2-5H,6-7H2,1H3,(H,16,17)(H2,13,14,15,18). The van der Waals surface area contributed by atoms with Gasteiger partial charge in [-0.05, 0) is 12.1 Å². The molecule has 8 heteroatoms. The van der Waals surface area contributed by atoms with Crippen molar-refractivity contribution in [2.45, 2.75) is 0 Å². The van der Waals surface area contributed by atoms with Crippen LogP contribution in [0.5, 0.6) is 5.75 Å². The van der Waals surface area contributed by atoms with Crippen molar-refractivity contribution in [3.05, 3.63) is 24.3 Å². The number of carboxylic acid groups (broad SMARTS) is 1. The number of urea groups is 1. The number of methoxy groups -OCH3 is 1. The summed E-state index contributed by atoms with van der Waals surface area (Å²) in [5.74, 6) is -1.39. The summed E-state index contributed by atoms with van der Waals surface area (Å²) in [6, 6.07) is 5.82. The minimum Gasteiger partial charge on any atom is -0.497 e. The van der Waals surface area contributed by atoms with Crippen molar-refractivity contribution in [3.8, 4) is 5.75 Å². The molecule has 0 aliphatic carbocycles. The zero-order valence-corrected chi connectivity index (χ0v) is 10.7. The molecule has 108 valence electrons. The number of carbonyl (C=O) groups is 3. The predicted molar refractivity (Wildman–Crippen MR) is 68.6 cm³/mol. The number of ether oxygens (including phenoxy) is 2. The monoisotopic (exact) mass is 282 g/mol. The van der Waals surface area contributed by atoms with E-state index in [1.54, 1.807) is 24.3 Å². The van der Waals surface area contributed by atoms with E-state index in [2.05, 4.69) is 10.1 Å². The predicted octanol–water partition coefficient (Wildman–Crippen LogP) is 0.444. The van der Waals surface area contributed by atoms with E-state index in [-0.39, 0.29) is 0 Å². The Morgan fingerprint density at radius 1 is 1.25 bits per heavy atom. The second-order valence-corrected chi connectivity index (χ2v) is 3.62. The lowest BCUT2D eigenvalue weighted by atomic mass is 10.3. The molecule has 1 aromatic carbocycles. The van der Waals surface area contributed by atoms with Gasteiger partial charge in [0.15, 0.2) is 0 Å². The molecule has 0 unspecified atom stereocenters. The number of hydrogen-bond donors (Lipinski definition) is 3. The smallest absolute Gasteiger partial charge is 0.329 e. The van der Waals surface area contributed by atoms with Crippen LogP contribution in [0.2, 0.25) is 0 Å². The fourth-order valence-corrected chi connectivity index (χ4v) is 1.26. The van der Waals surface area contributed by atoms with Crippen molar-refractivity contribution in [3.63, 3.8) is 0 Å². The second-order valence-electron chi connectivity index (χ2n) is 3.62. The molecule has 0 aliphatic rings. The third-order valence-electron chi connectivity index (χ3n) is 2.04. The van der Waals surface area contributed by atoms with Crippen LogP contribution in [0.1, 0.15) is 0 Å². The number of amides is 3. The average molecular weight is 282 g/mol. The van der Waals surface area contributed by atoms with E-state index < -0.39 is 31.1 Å². The highest BCUT2D eigenvalue weighted by molar-refractivity contribution is 6.01. The summed E-state index contributed by atoms with van der Waals surface area (Å²) in [7, 11) is 1.49. The van der Waals surface area contributed by atoms with Gasteiger partial charge in [-0.2, -0.15) is 0 Å². The molecule has 1 rings (SSSR count). The summed E-state index contributed by atoms with van der Waals surface area (Å²) in [5.41, 5.74) is 0.445. The fourth-order valence-electron chi connectivity index (χ4n) is 1.26. The van der Waals surface area contributed by atoms with Crippen LogP contribution in [0, 0.1) is 0 Å². The Kier molecular flexibility index (Phi) is 5.98. The van der Waals surface area contributed by atoms with Crippen molar-refractivity contribution >= 4 is 23.6 Å². The summed E-state index contributed by atoms with van der Waals surface area (Å²) in [5, 5.41) is 12.7. The van der Waals surface area contributed by atoms with E-state index in [4.69, 9.17) is 9.84 Å². The highest BCUT2D eigenvalue weighted by Crippen LogP contribution is 2.16. The van der Waals surface area contributed by atoms with E-state index >= 15 is 0 Å². The van der Waals surface area contributed by atoms with Crippen molar-refractivity contribution in [1.29, 1.82) is 0 Å². The maximum absolute atomic E-state index is 11.5. The van der Waals surface area contributed by atoms with Crippen LogP contribution in [-0.4, -0.2) is 43.3 Å². The van der Waals surface area contributed by atoms with E-state index in [9.17, 15) is 14.4 Å². The average Bonchev–Trinajstić information content (AvgIpc) is 2.38. The lowest BCUT2D eigenvalue weighted by Gasteiger charge is -2.07. The van der Waals surface area contributed by atoms with Gasteiger partial charge in [0.25, 0.3) is 5.91 Å². The quantitative estimate of drug-likeness (QED) is 0.697. The van der Waals surface area contributed by atoms with E-state index in [1.165, 1.54) is 7.11 Å². The summed E-state index contributed by atoms with van der Waals surface area (Å²) in [4.78, 5) is 32.9. The molecular formula is C12H14N2O6. The van der Waals surface area contributed by atoms with Crippen molar-refractivity contribution in [1.82, 2.24) is 5.32 Å². The van der Waals surface area contributed by atoms with Crippen molar-refractivity contribution < 1.29 is 29.0 Å². The molecule has 20 heavy (non-hydrogen) atoms. The minimum atomic E-state index is -1.20. The van der Waals surface area contributed by atoms with Crippen LogP contribution < -0.4 is 15.4 Å². The van der Waals surface area contributed by atoms with Gasteiger partial charge >= 0.3 is 12.0 Å². The number of nitrogens with one attached hydrogen (secondary N) is 2. The minimum absolute atomic E-state index is 0.445. The number of rotatable bonds is 6. The number of aliphatic carboxylic acids is 1. The van der Waals surface area contributed by atoms with Gasteiger partial charge in [-0.25, -0.2) is 9.59 Å². The molecule has 8 nitrogen and oxygen atoms in total. The number of imide groups is 1. The van der Waals surface area contributed by atoms with Gasteiger partial charge < -0.3 is 19.9 Å².